The minimum absolute atomic E-state index is 0. The van der Waals surface area contributed by atoms with Gasteiger partial charge in [0.15, 0.2) is 0 Å². The van der Waals surface area contributed by atoms with Gasteiger partial charge in [0.05, 0.1) is 12.0 Å². The van der Waals surface area contributed by atoms with Gasteiger partial charge in [0, 0.05) is 19.3 Å². The van der Waals surface area contributed by atoms with E-state index in [9.17, 15) is 24.6 Å². The minimum atomic E-state index is -1.64. The molecule has 8 heteroatoms. The van der Waals surface area contributed by atoms with Gasteiger partial charge in [-0.25, -0.2) is 0 Å². The molecule has 0 aromatic heterocycles. The van der Waals surface area contributed by atoms with Crippen molar-refractivity contribution < 1.29 is 127 Å². The van der Waals surface area contributed by atoms with Gasteiger partial charge in [-0.2, -0.15) is 0 Å². The smallest absolute Gasteiger partial charge is 0.550 e. The van der Waals surface area contributed by atoms with Crippen LogP contribution in [-0.2, 0) is 14.4 Å². The first-order valence-corrected chi connectivity index (χ1v) is 3.11. The monoisotopic (exact) mass is 251 g/mol. The van der Waals surface area contributed by atoms with Crippen molar-refractivity contribution in [1.29, 1.82) is 0 Å². The molecule has 0 bridgehead atoms. The third kappa shape index (κ3) is 11.8. The molecule has 6 nitrogen and oxygen atoms in total. The van der Waals surface area contributed by atoms with Crippen LogP contribution in [0.3, 0.4) is 0 Å². The predicted octanol–water partition coefficient (Wildman–Crippen LogP) is -9.61. The number of rotatable bonds is 4. The third-order valence-electron chi connectivity index (χ3n) is 1.03. The molecule has 0 spiro atoms. The molecule has 0 aromatic carbocycles. The van der Waals surface area contributed by atoms with Gasteiger partial charge in [-0.15, -0.1) is 0 Å². The molecule has 0 rings (SSSR count). The van der Waals surface area contributed by atoms with Gasteiger partial charge in [0.25, 0.3) is 0 Å². The molecule has 0 saturated heterocycles. The number of carboxylic acids is 2. The number of nitrogens with one attached hydrogen (secondary N) is 1. The minimum Gasteiger partial charge on any atom is -0.550 e. The van der Waals surface area contributed by atoms with Crippen LogP contribution in [0, 0.1) is 0 Å². The zero-order valence-corrected chi connectivity index (χ0v) is 14.6. The van der Waals surface area contributed by atoms with Crippen molar-refractivity contribution in [2.45, 2.75) is 19.4 Å². The van der Waals surface area contributed by atoms with Gasteiger partial charge in [-0.05, 0) is 0 Å². The summed E-state index contributed by atoms with van der Waals surface area (Å²) in [6.07, 6.45) is -0.790. The number of amides is 1. The van der Waals surface area contributed by atoms with Crippen LogP contribution in [0.15, 0.2) is 0 Å². The quantitative estimate of drug-likeness (QED) is 0.499. The molecule has 1 amide bonds. The molecule has 0 aromatic rings. The predicted molar refractivity (Wildman–Crippen MR) is 32.2 cm³/mol. The molecule has 1 atom stereocenters. The van der Waals surface area contributed by atoms with Gasteiger partial charge < -0.3 is 25.1 Å². The summed E-state index contributed by atoms with van der Waals surface area (Å²) < 4.78 is 0. The molecule has 1 N–H and O–H groups in total. The first-order valence-electron chi connectivity index (χ1n) is 3.11. The van der Waals surface area contributed by atoms with Crippen molar-refractivity contribution in [2.75, 3.05) is 0 Å². The summed E-state index contributed by atoms with van der Waals surface area (Å²) in [5.74, 6) is -3.84. The van der Waals surface area contributed by atoms with E-state index in [1.165, 1.54) is 0 Å². The Morgan fingerprint density at radius 3 is 1.86 bits per heavy atom. The van der Waals surface area contributed by atoms with Gasteiger partial charge in [-0.1, -0.05) is 0 Å². The van der Waals surface area contributed by atoms with E-state index in [-0.39, 0.29) is 103 Å². The Labute approximate surface area is 166 Å². The van der Waals surface area contributed by atoms with Crippen LogP contribution >= 0.6 is 0 Å². The largest absolute Gasteiger partial charge is 1.00 e. The first kappa shape index (κ1) is 21.0. The van der Waals surface area contributed by atoms with E-state index in [1.54, 1.807) is 0 Å². The second-order valence-corrected chi connectivity index (χ2v) is 2.15. The van der Waals surface area contributed by atoms with Gasteiger partial charge in [0.1, 0.15) is 0 Å². The zero-order valence-electron chi connectivity index (χ0n) is 8.33. The Bertz CT molecular complexity index is 204. The summed E-state index contributed by atoms with van der Waals surface area (Å²) in [7, 11) is 0. The van der Waals surface area contributed by atoms with Crippen LogP contribution in [0.5, 0.6) is 0 Å². The third-order valence-corrected chi connectivity index (χ3v) is 1.03. The standard InChI is InChI=1S/C6H9NO5.2K/c1-3(8)7-4(6(11)12)2-5(9)10;;/h4H,2H2,1H3,(H,7,8)(H,9,10)(H,11,12);;/q;2*+1/p-2/t4-;;/m0../s1. The first-order chi connectivity index (χ1) is 5.43. The van der Waals surface area contributed by atoms with E-state index in [1.807, 2.05) is 5.32 Å². The van der Waals surface area contributed by atoms with Crippen LogP contribution in [-0.4, -0.2) is 23.9 Å². The molecular weight excluding hydrogens is 244 g/mol. The van der Waals surface area contributed by atoms with Crippen molar-refractivity contribution in [3.05, 3.63) is 0 Å². The van der Waals surface area contributed by atoms with Crippen molar-refractivity contribution >= 4 is 17.8 Å². The maximum Gasteiger partial charge on any atom is 1.00 e. The van der Waals surface area contributed by atoms with Gasteiger partial charge in [-0.3, -0.25) is 4.79 Å². The Hall–Kier alpha value is 1.68. The zero-order chi connectivity index (χ0) is 9.72. The Balaban J connectivity index is -0.000000605. The number of carbonyl (C=O) groups is 3. The topological polar surface area (TPSA) is 109 Å². The Kier molecular flexibility index (Phi) is 16.8. The van der Waals surface area contributed by atoms with Crippen LogP contribution in [0.25, 0.3) is 0 Å². The summed E-state index contributed by atoms with van der Waals surface area (Å²) in [6, 6.07) is -1.52. The summed E-state index contributed by atoms with van der Waals surface area (Å²) in [4.78, 5) is 30.4. The SMILES string of the molecule is CC(=O)N[C@@H](CC(=O)[O-])C(=O)[O-].[K+].[K+]. The van der Waals surface area contributed by atoms with Gasteiger partial charge in [0.2, 0.25) is 5.91 Å². The molecule has 0 aliphatic rings. The van der Waals surface area contributed by atoms with E-state index in [0.29, 0.717) is 0 Å². The normalized spacial score (nSPS) is 10.1. The van der Waals surface area contributed by atoms with E-state index >= 15 is 0 Å². The summed E-state index contributed by atoms with van der Waals surface area (Å²) in [6.45, 7) is 1.07. The number of aliphatic carboxylic acids is 2. The van der Waals surface area contributed by atoms with Crippen LogP contribution in [0.1, 0.15) is 13.3 Å². The van der Waals surface area contributed by atoms with Gasteiger partial charge >= 0.3 is 103 Å². The van der Waals surface area contributed by atoms with Crippen molar-refractivity contribution in [2.24, 2.45) is 0 Å². The van der Waals surface area contributed by atoms with Crippen LogP contribution in [0.4, 0.5) is 0 Å². The Morgan fingerprint density at radius 1 is 1.21 bits per heavy atom. The van der Waals surface area contributed by atoms with Crippen molar-refractivity contribution in [3.63, 3.8) is 0 Å². The molecule has 0 radical (unpaired) electrons. The number of carboxylic acid groups (broad SMARTS) is 2. The molecule has 0 heterocycles. The molecular formula is C6H7K2NO5. The van der Waals surface area contributed by atoms with E-state index in [0.717, 1.165) is 6.92 Å². The summed E-state index contributed by atoms with van der Waals surface area (Å²) in [5.41, 5.74) is 0. The average Bonchev–Trinajstić information content (AvgIpc) is 1.83. The van der Waals surface area contributed by atoms with Crippen LogP contribution in [0.2, 0.25) is 0 Å². The number of hydrogen-bond acceptors (Lipinski definition) is 5. The maximum absolute atomic E-state index is 10.3. The molecule has 68 valence electrons. The molecule has 14 heavy (non-hydrogen) atoms. The summed E-state index contributed by atoms with van der Waals surface area (Å²) >= 11 is 0. The molecule has 0 fully saturated rings. The van der Waals surface area contributed by atoms with E-state index in [2.05, 4.69) is 0 Å². The second kappa shape index (κ2) is 11.2. The average molecular weight is 251 g/mol. The molecule has 0 unspecified atom stereocenters. The fraction of sp³-hybridized carbons (Fsp3) is 0.500. The number of hydrogen-bond donors (Lipinski definition) is 1. The van der Waals surface area contributed by atoms with E-state index in [4.69, 9.17) is 0 Å². The summed E-state index contributed by atoms with van der Waals surface area (Å²) in [5, 5.41) is 22.0. The van der Waals surface area contributed by atoms with Crippen molar-refractivity contribution in [1.82, 2.24) is 5.32 Å². The Morgan fingerprint density at radius 2 is 1.64 bits per heavy atom. The van der Waals surface area contributed by atoms with Crippen LogP contribution < -0.4 is 118 Å². The fourth-order valence-electron chi connectivity index (χ4n) is 0.605. The maximum atomic E-state index is 10.3. The molecule has 0 saturated carbocycles. The van der Waals surface area contributed by atoms with Crippen molar-refractivity contribution in [3.8, 4) is 0 Å². The molecule has 0 aliphatic heterocycles. The second-order valence-electron chi connectivity index (χ2n) is 2.15. The molecule has 0 aliphatic carbocycles. The fourth-order valence-corrected chi connectivity index (χ4v) is 0.605. The number of carbonyl (C=O) groups excluding carboxylic acids is 3. The van der Waals surface area contributed by atoms with E-state index < -0.39 is 30.3 Å².